The summed E-state index contributed by atoms with van der Waals surface area (Å²) in [6, 6.07) is 25.3. The Morgan fingerprint density at radius 2 is 1.61 bits per heavy atom. The second kappa shape index (κ2) is 20.1. The minimum absolute atomic E-state index is 0.00368. The number of phenolic OH excluding ortho intramolecular Hbond substituents is 3. The molecule has 0 saturated carbocycles. The minimum Gasteiger partial charge on any atom is -0.508 e. The van der Waals surface area contributed by atoms with E-state index in [0.717, 1.165) is 50.6 Å². The highest BCUT2D eigenvalue weighted by atomic mass is 16.5. The highest BCUT2D eigenvalue weighted by Crippen LogP contribution is 2.41. The molecule has 0 radical (unpaired) electrons. The van der Waals surface area contributed by atoms with Crippen molar-refractivity contribution in [2.24, 2.45) is 5.92 Å². The molecule has 0 aliphatic heterocycles. The average molecular weight is 831 g/mol. The van der Waals surface area contributed by atoms with E-state index in [-0.39, 0.29) is 42.4 Å². The Morgan fingerprint density at radius 1 is 0.820 bits per heavy atom. The summed E-state index contributed by atoms with van der Waals surface area (Å²) in [5.74, 6) is -0.594. The van der Waals surface area contributed by atoms with Gasteiger partial charge in [0.25, 0.3) is 0 Å². The molecule has 0 amide bonds. The number of nitrogens with one attached hydrogen (secondary N) is 2. The molecule has 0 saturated heterocycles. The number of carbonyl (C=O) groups is 1. The predicted octanol–water partition coefficient (Wildman–Crippen LogP) is 6.60. The van der Waals surface area contributed by atoms with Crippen LogP contribution in [0.3, 0.4) is 0 Å². The summed E-state index contributed by atoms with van der Waals surface area (Å²) in [6.07, 6.45) is 4.46. The van der Waals surface area contributed by atoms with Crippen LogP contribution < -0.4 is 14.8 Å². The van der Waals surface area contributed by atoms with Crippen molar-refractivity contribution in [2.45, 2.75) is 69.9 Å². The lowest BCUT2D eigenvalue weighted by Gasteiger charge is -2.34. The van der Waals surface area contributed by atoms with Gasteiger partial charge < -0.3 is 50.4 Å². The van der Waals surface area contributed by atoms with Crippen molar-refractivity contribution < 1.29 is 44.9 Å². The molecule has 6 aromatic rings. The number of ketones is 1. The fourth-order valence-electron chi connectivity index (χ4n) is 8.89. The van der Waals surface area contributed by atoms with Crippen LogP contribution in [0.15, 0.2) is 97.3 Å². The molecule has 0 fully saturated rings. The fraction of sp³-hybridized carbons (Fsp3) is 0.340. The van der Waals surface area contributed by atoms with Crippen LogP contribution in [0.2, 0.25) is 0 Å². The monoisotopic (exact) mass is 830 g/mol. The van der Waals surface area contributed by atoms with Crippen LogP contribution in [0.1, 0.15) is 63.4 Å². The molecule has 322 valence electrons. The van der Waals surface area contributed by atoms with E-state index >= 15 is 4.79 Å². The maximum Gasteiger partial charge on any atom is 0.164 e. The van der Waals surface area contributed by atoms with E-state index in [2.05, 4.69) is 35.4 Å². The van der Waals surface area contributed by atoms with E-state index < -0.39 is 29.8 Å². The molecule has 0 bridgehead atoms. The van der Waals surface area contributed by atoms with Gasteiger partial charge in [-0.05, 0) is 137 Å². The number of aliphatic hydroxyl groups is 3. The van der Waals surface area contributed by atoms with Gasteiger partial charge in [0, 0.05) is 44.0 Å². The second-order valence-electron chi connectivity index (χ2n) is 15.9. The van der Waals surface area contributed by atoms with Crippen molar-refractivity contribution in [1.29, 1.82) is 0 Å². The Bertz CT molecular complexity index is 2430. The smallest absolute Gasteiger partial charge is 0.164 e. The highest BCUT2D eigenvalue weighted by molar-refractivity contribution is 5.92. The van der Waals surface area contributed by atoms with Crippen LogP contribution in [0.25, 0.3) is 10.8 Å². The zero-order valence-electron chi connectivity index (χ0n) is 35.4. The number of hydrogen-bond acceptors (Lipinski definition) is 10. The van der Waals surface area contributed by atoms with Crippen molar-refractivity contribution in [3.63, 3.8) is 0 Å². The first-order valence-corrected chi connectivity index (χ1v) is 20.8. The second-order valence-corrected chi connectivity index (χ2v) is 15.9. The van der Waals surface area contributed by atoms with E-state index in [9.17, 15) is 30.6 Å². The number of H-pyrrole nitrogens is 1. The summed E-state index contributed by atoms with van der Waals surface area (Å²) in [5.41, 5.74) is 5.80. The first-order chi connectivity index (χ1) is 29.5. The number of benzene rings is 5. The van der Waals surface area contributed by atoms with Crippen molar-refractivity contribution >= 4 is 16.6 Å². The summed E-state index contributed by atoms with van der Waals surface area (Å²) in [7, 11) is 4.72. The largest absolute Gasteiger partial charge is 0.508 e. The number of hydrogen-bond donors (Lipinski definition) is 8. The first kappa shape index (κ1) is 44.7. The molecule has 6 rings (SSSR count). The van der Waals surface area contributed by atoms with Gasteiger partial charge in [-0.3, -0.25) is 4.79 Å². The number of aromatic nitrogens is 1. The number of aryl methyl sites for hydroxylation is 1. The molecule has 3 atom stereocenters. The molecule has 5 aromatic carbocycles. The van der Waals surface area contributed by atoms with E-state index in [0.29, 0.717) is 54.7 Å². The summed E-state index contributed by atoms with van der Waals surface area (Å²) < 4.78 is 11.3. The van der Waals surface area contributed by atoms with Crippen LogP contribution in [-0.4, -0.2) is 82.0 Å². The van der Waals surface area contributed by atoms with Gasteiger partial charge >= 0.3 is 0 Å². The summed E-state index contributed by atoms with van der Waals surface area (Å²) in [5, 5.41) is 71.3. The number of methoxy groups -OCH3 is 2. The third kappa shape index (κ3) is 9.87. The normalized spacial score (nSPS) is 13.5. The van der Waals surface area contributed by atoms with E-state index in [4.69, 9.17) is 9.47 Å². The van der Waals surface area contributed by atoms with Crippen molar-refractivity contribution in [1.82, 2.24) is 10.3 Å². The average Bonchev–Trinajstić information content (AvgIpc) is 3.77. The van der Waals surface area contributed by atoms with E-state index in [1.54, 1.807) is 37.4 Å². The van der Waals surface area contributed by atoms with Crippen LogP contribution >= 0.6 is 0 Å². The third-order valence-corrected chi connectivity index (χ3v) is 12.0. The van der Waals surface area contributed by atoms with Crippen LogP contribution in [-0.2, 0) is 55.3 Å². The maximum absolute atomic E-state index is 15.0. The number of Topliss-reactive ketones (excluding diaryl/α,β-unsaturated/α-hetero) is 1. The first-order valence-electron chi connectivity index (χ1n) is 20.8. The zero-order chi connectivity index (χ0) is 43.7. The predicted molar refractivity (Wildman–Crippen MR) is 237 cm³/mol. The Morgan fingerprint density at radius 3 is 2.30 bits per heavy atom. The van der Waals surface area contributed by atoms with E-state index in [1.165, 1.54) is 26.4 Å². The van der Waals surface area contributed by atoms with Gasteiger partial charge in [0.2, 0.25) is 0 Å². The lowest BCUT2D eigenvalue weighted by molar-refractivity contribution is -0.129. The Kier molecular flexibility index (Phi) is 14.8. The molecule has 0 aliphatic carbocycles. The molecular weight excluding hydrogens is 773 g/mol. The van der Waals surface area contributed by atoms with Crippen LogP contribution in [0.4, 0.5) is 0 Å². The Hall–Kier alpha value is -5.85. The number of phenols is 3. The number of carbonyl (C=O) groups excluding carboxylic acids is 1. The van der Waals surface area contributed by atoms with Gasteiger partial charge in [0.15, 0.2) is 23.0 Å². The number of aromatic hydroxyl groups is 3. The van der Waals surface area contributed by atoms with Crippen LogP contribution in [0.5, 0.6) is 28.7 Å². The van der Waals surface area contributed by atoms with Gasteiger partial charge in [0.1, 0.15) is 11.5 Å². The molecule has 61 heavy (non-hydrogen) atoms. The third-order valence-electron chi connectivity index (χ3n) is 12.0. The molecule has 0 aliphatic rings. The maximum atomic E-state index is 15.0. The number of fused-ring (bicyclic) bond motifs is 1. The number of ether oxygens (including phenoxy) is 2. The lowest BCUT2D eigenvalue weighted by atomic mass is 9.70. The molecular formula is C50H58N2O9. The molecule has 1 aromatic heterocycles. The molecule has 11 heteroatoms. The molecule has 11 nitrogen and oxygen atoms in total. The van der Waals surface area contributed by atoms with Gasteiger partial charge in [0.05, 0.1) is 32.3 Å². The van der Waals surface area contributed by atoms with Crippen LogP contribution in [0, 0.1) is 5.92 Å². The van der Waals surface area contributed by atoms with Gasteiger partial charge in [-0.2, -0.15) is 0 Å². The van der Waals surface area contributed by atoms with Crippen molar-refractivity contribution in [3.05, 3.63) is 147 Å². The number of aliphatic hydroxyl groups excluding tert-OH is 3. The van der Waals surface area contributed by atoms with Crippen molar-refractivity contribution in [3.8, 4) is 28.7 Å². The Labute approximate surface area is 357 Å². The standard InChI is InChI=1S/C50H58N2O9/c1-5-34-10-11-35-7-6-8-36(16-18-53)48(35)41(34)25-42-37(12-14-44(57)49(42)61-4)23-38(19-32-15-17-52-29-32)45(58)26-47(59)50(30-54,27-31-9-13-43(56)46(22-31)60-3)39-20-33(28-51-2)21-40(55)24-39/h6-15,17,20-22,24,29,38,45,51-58H,5,16,18-19,23,25-28,30H2,1-4H3. The van der Waals surface area contributed by atoms with E-state index in [1.807, 2.05) is 36.7 Å². The minimum atomic E-state index is -1.60. The van der Waals surface area contributed by atoms with Crippen molar-refractivity contribution in [2.75, 3.05) is 34.5 Å². The zero-order valence-corrected chi connectivity index (χ0v) is 35.4. The molecule has 3 unspecified atom stereocenters. The summed E-state index contributed by atoms with van der Waals surface area (Å²) in [6.45, 7) is 1.86. The number of aromatic amines is 1. The molecule has 0 spiro atoms. The summed E-state index contributed by atoms with van der Waals surface area (Å²) >= 11 is 0. The SMILES string of the molecule is CCc1ccc2cccc(CCO)c2c1Cc1c(CC(Cc2cc[nH]c2)C(O)CC(=O)C(CO)(Cc2ccc(O)c(OC)c2)c2cc(O)cc(CNC)c2)ccc(O)c1OC. The topological polar surface area (TPSA) is 185 Å². The molecule has 8 N–H and O–H groups in total. The number of rotatable bonds is 21. The fourth-order valence-corrected chi connectivity index (χ4v) is 8.89. The van der Waals surface area contributed by atoms with Gasteiger partial charge in [-0.1, -0.05) is 55.5 Å². The molecule has 1 heterocycles. The Balaban J connectivity index is 1.43. The quantitative estimate of drug-likeness (QED) is 0.0393. The summed E-state index contributed by atoms with van der Waals surface area (Å²) in [4.78, 5) is 18.1. The highest BCUT2D eigenvalue weighted by Gasteiger charge is 2.42. The van der Waals surface area contributed by atoms with Gasteiger partial charge in [-0.25, -0.2) is 0 Å². The van der Waals surface area contributed by atoms with Gasteiger partial charge in [-0.15, -0.1) is 0 Å². The lowest BCUT2D eigenvalue weighted by Crippen LogP contribution is -2.44.